The Bertz CT molecular complexity index is 1570. The van der Waals surface area contributed by atoms with Gasteiger partial charge in [0.05, 0.1) is 27.9 Å². The van der Waals surface area contributed by atoms with Gasteiger partial charge in [-0.15, -0.1) is 0 Å². The normalized spacial score (nSPS) is 18.7. The second-order valence-electron chi connectivity index (χ2n) is 10.1. The van der Waals surface area contributed by atoms with Crippen molar-refractivity contribution in [1.82, 2.24) is 4.98 Å². The number of rotatable bonds is 9. The maximum Gasteiger partial charge on any atom is 0.354 e. The van der Waals surface area contributed by atoms with Crippen molar-refractivity contribution in [1.29, 1.82) is 0 Å². The number of nitrogens with zero attached hydrogens (tertiary/aromatic N) is 4. The summed E-state index contributed by atoms with van der Waals surface area (Å²) in [6, 6.07) is 11.5. The van der Waals surface area contributed by atoms with Crippen LogP contribution in [0.25, 0.3) is 10.9 Å². The third-order valence-corrected chi connectivity index (χ3v) is 7.98. The van der Waals surface area contributed by atoms with Crippen LogP contribution in [0.1, 0.15) is 50.8 Å². The lowest BCUT2D eigenvalue weighted by Crippen LogP contribution is -2.48. The van der Waals surface area contributed by atoms with E-state index in [1.54, 1.807) is 6.92 Å². The number of fused-ring (bicyclic) bond motifs is 4. The molecule has 1 aromatic heterocycles. The average Bonchev–Trinajstić information content (AvgIpc) is 3.33. The highest BCUT2D eigenvalue weighted by Gasteiger charge is 2.49. The van der Waals surface area contributed by atoms with Crippen molar-refractivity contribution in [2.75, 3.05) is 25.1 Å². The van der Waals surface area contributed by atoms with Crippen LogP contribution in [-0.4, -0.2) is 56.5 Å². The number of hydrazone groups is 1. The number of ether oxygens (including phenoxy) is 1. The molecule has 0 saturated carbocycles. The molecule has 0 fully saturated rings. The van der Waals surface area contributed by atoms with Crippen LogP contribution in [0.15, 0.2) is 47.6 Å². The molecule has 2 aromatic carbocycles. The summed E-state index contributed by atoms with van der Waals surface area (Å²) in [4.78, 5) is 38.1. The molecule has 2 aliphatic heterocycles. The van der Waals surface area contributed by atoms with Gasteiger partial charge in [-0.3, -0.25) is 25.7 Å². The van der Waals surface area contributed by atoms with Gasteiger partial charge in [0.2, 0.25) is 5.71 Å². The Morgan fingerprint density at radius 1 is 1.15 bits per heavy atom. The van der Waals surface area contributed by atoms with Gasteiger partial charge in [0, 0.05) is 36.2 Å². The van der Waals surface area contributed by atoms with E-state index in [1.165, 1.54) is 17.0 Å². The number of hydrogen-bond acceptors (Lipinski definition) is 8. The molecule has 1 atom stereocenters. The lowest BCUT2D eigenvalue weighted by Gasteiger charge is -2.37. The summed E-state index contributed by atoms with van der Waals surface area (Å²) < 4.78 is 7.75. The minimum atomic E-state index is -0.725. The summed E-state index contributed by atoms with van der Waals surface area (Å²) >= 11 is 0. The van der Waals surface area contributed by atoms with Gasteiger partial charge >= 0.3 is 11.7 Å². The Morgan fingerprint density at radius 2 is 1.95 bits per heavy atom. The number of esters is 1. The maximum atomic E-state index is 13.2. The molecule has 0 radical (unpaired) electrons. The van der Waals surface area contributed by atoms with Crippen LogP contribution in [-0.2, 0) is 16.0 Å². The third kappa shape index (κ3) is 4.80. The number of H-pyrrole nitrogens is 1. The first kappa shape index (κ1) is 27.0. The van der Waals surface area contributed by atoms with Crippen LogP contribution in [0.3, 0.4) is 0 Å². The van der Waals surface area contributed by atoms with E-state index in [9.17, 15) is 25.0 Å². The molecule has 0 aliphatic carbocycles. The van der Waals surface area contributed by atoms with Crippen molar-refractivity contribution < 1.29 is 24.0 Å². The van der Waals surface area contributed by atoms with Gasteiger partial charge in [-0.2, -0.15) is 5.10 Å². The number of carbonyl (C=O) groups excluding carboxylic acids is 1. The number of nitrogens with one attached hydrogen (secondary N) is 2. The van der Waals surface area contributed by atoms with E-state index in [0.29, 0.717) is 0 Å². The zero-order chi connectivity index (χ0) is 28.4. The molecule has 3 heterocycles. The van der Waals surface area contributed by atoms with Crippen LogP contribution in [0.2, 0.25) is 0 Å². The molecule has 0 bridgehead atoms. The molecule has 12 nitrogen and oxygen atoms in total. The van der Waals surface area contributed by atoms with Gasteiger partial charge in [-0.05, 0) is 37.5 Å². The fourth-order valence-electron chi connectivity index (χ4n) is 6.07. The first-order chi connectivity index (χ1) is 19.3. The quantitative estimate of drug-likeness (QED) is 0.126. The van der Waals surface area contributed by atoms with E-state index in [4.69, 9.17) is 4.74 Å². The number of benzene rings is 2. The minimum absolute atomic E-state index is 0.0589. The fourth-order valence-corrected chi connectivity index (χ4v) is 6.07. The predicted molar refractivity (Wildman–Crippen MR) is 150 cm³/mol. The number of anilines is 1. The van der Waals surface area contributed by atoms with Crippen LogP contribution < -0.4 is 5.43 Å². The topological polar surface area (TPSA) is 156 Å². The largest absolute Gasteiger partial charge is 0.461 e. The zero-order valence-electron chi connectivity index (χ0n) is 22.4. The Labute approximate surface area is 230 Å². The van der Waals surface area contributed by atoms with E-state index in [-0.39, 0.29) is 24.4 Å². The smallest absolute Gasteiger partial charge is 0.354 e. The van der Waals surface area contributed by atoms with E-state index in [0.717, 1.165) is 67.8 Å². The monoisotopic (exact) mass is 547 g/mol. The number of para-hydroxylation sites is 1. The van der Waals surface area contributed by atoms with Gasteiger partial charge in [-0.1, -0.05) is 25.1 Å². The lowest BCUT2D eigenvalue weighted by atomic mass is 9.68. The minimum Gasteiger partial charge on any atom is -0.461 e. The van der Waals surface area contributed by atoms with Crippen molar-refractivity contribution in [2.24, 2.45) is 10.5 Å². The molecule has 12 heteroatoms. The highest BCUT2D eigenvalue weighted by Crippen LogP contribution is 2.43. The summed E-state index contributed by atoms with van der Waals surface area (Å²) in [6.07, 6.45) is 3.71. The number of hydrogen-bond donors (Lipinski definition) is 2. The zero-order valence-corrected chi connectivity index (χ0v) is 22.4. The van der Waals surface area contributed by atoms with E-state index in [1.807, 2.05) is 12.1 Å². The maximum absolute atomic E-state index is 13.2. The molecule has 2 aliphatic rings. The van der Waals surface area contributed by atoms with Gasteiger partial charge in [0.1, 0.15) is 30.2 Å². The molecular formula is C28H31N6O6+. The van der Waals surface area contributed by atoms with Crippen molar-refractivity contribution in [3.05, 3.63) is 74.0 Å². The van der Waals surface area contributed by atoms with Gasteiger partial charge in [-0.25, -0.2) is 9.37 Å². The Morgan fingerprint density at radius 3 is 2.67 bits per heavy atom. The first-order valence-electron chi connectivity index (χ1n) is 13.4. The second kappa shape index (κ2) is 10.9. The number of nitro groups is 2. The molecule has 208 valence electrons. The highest BCUT2D eigenvalue weighted by atomic mass is 16.6. The Balaban J connectivity index is 1.56. The molecule has 2 N–H and O–H groups in total. The highest BCUT2D eigenvalue weighted by molar-refractivity contribution is 6.37. The number of aromatic amines is 1. The van der Waals surface area contributed by atoms with E-state index >= 15 is 0 Å². The number of aromatic nitrogens is 1. The van der Waals surface area contributed by atoms with Crippen LogP contribution in [0.4, 0.5) is 17.1 Å². The Hall–Kier alpha value is -4.61. The van der Waals surface area contributed by atoms with Crippen molar-refractivity contribution in [3.8, 4) is 0 Å². The average molecular weight is 548 g/mol. The summed E-state index contributed by atoms with van der Waals surface area (Å²) in [5.41, 5.74) is 5.93. The van der Waals surface area contributed by atoms with Crippen LogP contribution in [0.5, 0.6) is 0 Å². The second-order valence-corrected chi connectivity index (χ2v) is 10.1. The molecule has 1 unspecified atom stereocenters. The van der Waals surface area contributed by atoms with E-state index < -0.39 is 32.6 Å². The fraction of sp³-hybridized carbons (Fsp3) is 0.393. The molecule has 40 heavy (non-hydrogen) atoms. The number of non-ortho nitro benzene ring substituents is 1. The van der Waals surface area contributed by atoms with Crippen molar-refractivity contribution >= 4 is 45.4 Å². The molecule has 0 spiro atoms. The van der Waals surface area contributed by atoms with Crippen LogP contribution >= 0.6 is 0 Å². The molecule has 5 rings (SSSR count). The van der Waals surface area contributed by atoms with Crippen LogP contribution in [0, 0.1) is 25.6 Å². The first-order valence-corrected chi connectivity index (χ1v) is 13.4. The number of nitro benzene ring substituents is 2. The molecule has 3 aromatic rings. The standard InChI is InChI=1S/C28H30N6O6/c1-3-28(13-7-14-32-15-12-20-19-8-5-6-9-21(19)29-25(20)26(28)32)17-23(27(35)40-4-2)31-30-22-11-10-18(33(36)37)16-24(22)34(38)39/h5-6,8-11,16H,3-4,7,12-15,17H2,1-2H3,(H,30,35)/p+1. The third-order valence-electron chi connectivity index (χ3n) is 7.98. The number of carbonyl (C=O) groups is 1. The van der Waals surface area contributed by atoms with E-state index in [2.05, 4.69) is 39.1 Å². The predicted octanol–water partition coefficient (Wildman–Crippen LogP) is 4.95. The SMILES string of the molecule is CCOC(=O)C(CC1(CC)CCC[N+]2=C1c1[nH]c3ccccc3c1CC2)=NNc1ccc([N+](=O)[O-])cc1[N+](=O)[O-]. The van der Waals surface area contributed by atoms with Crippen molar-refractivity contribution in [2.45, 2.75) is 46.0 Å². The lowest BCUT2D eigenvalue weighted by molar-refractivity contribution is -0.538. The summed E-state index contributed by atoms with van der Waals surface area (Å²) in [5, 5.41) is 28.3. The summed E-state index contributed by atoms with van der Waals surface area (Å²) in [5.74, 6) is -0.613. The summed E-state index contributed by atoms with van der Waals surface area (Å²) in [6.45, 7) is 5.75. The molecular weight excluding hydrogens is 516 g/mol. The van der Waals surface area contributed by atoms with Gasteiger partial charge in [0.25, 0.3) is 5.69 Å². The Kier molecular flexibility index (Phi) is 7.33. The van der Waals surface area contributed by atoms with Crippen molar-refractivity contribution in [3.63, 3.8) is 0 Å². The molecule has 0 saturated heterocycles. The summed E-state index contributed by atoms with van der Waals surface area (Å²) in [7, 11) is 0. The van der Waals surface area contributed by atoms with Gasteiger partial charge in [0.15, 0.2) is 0 Å². The molecule has 0 amide bonds. The van der Waals surface area contributed by atoms with Gasteiger partial charge < -0.3 is 9.72 Å².